The van der Waals surface area contributed by atoms with Crippen LogP contribution in [0.2, 0.25) is 0 Å². The van der Waals surface area contributed by atoms with Crippen LogP contribution < -0.4 is 37.1 Å². The minimum atomic E-state index is -4.49. The van der Waals surface area contributed by atoms with Crippen molar-refractivity contribution in [2.24, 2.45) is 23.3 Å². The number of nitrogens with one attached hydrogen (secondary N) is 1. The molecule has 1 saturated carbocycles. The van der Waals surface area contributed by atoms with E-state index in [2.05, 4.69) is 10.7 Å². The SMILES string of the molecule is NC(N)=[NH+]CCC[C@H]([NH3+])C(=O)[O-].O=C([O-])CCC/C=C\CC1C(/C=C/[C@@H](O)COc2cccc(C(F)(F)F)c2)[C@H](O)C[C@@H]1O. The number of carboxylic acids is 2. The number of alkyl halides is 3. The van der Waals surface area contributed by atoms with E-state index in [0.29, 0.717) is 38.6 Å². The van der Waals surface area contributed by atoms with E-state index >= 15 is 0 Å². The number of carbonyl (C=O) groups is 2. The van der Waals surface area contributed by atoms with Crippen molar-refractivity contribution in [1.29, 1.82) is 0 Å². The minimum Gasteiger partial charge on any atom is -0.550 e. The number of quaternary nitrogens is 1. The van der Waals surface area contributed by atoms with Crippen LogP contribution in [0.1, 0.15) is 50.5 Å². The van der Waals surface area contributed by atoms with E-state index < -0.39 is 54.0 Å². The fourth-order valence-corrected chi connectivity index (χ4v) is 4.40. The Kier molecular flexibility index (Phi) is 17.1. The molecule has 6 atom stereocenters. The molecule has 0 spiro atoms. The number of aliphatic carboxylic acids is 2. The number of carboxylic acid groups (broad SMARTS) is 2. The molecule has 0 heterocycles. The molecule has 44 heavy (non-hydrogen) atoms. The Labute approximate surface area is 253 Å². The number of benzene rings is 1. The van der Waals surface area contributed by atoms with Crippen molar-refractivity contribution in [1.82, 2.24) is 0 Å². The van der Waals surface area contributed by atoms with Crippen LogP contribution in [0.3, 0.4) is 0 Å². The molecule has 2 rings (SSSR count). The molecule has 0 saturated heterocycles. The van der Waals surface area contributed by atoms with Gasteiger partial charge in [-0.1, -0.05) is 30.4 Å². The fraction of sp³-hybridized carbons (Fsp3) is 0.552. The smallest absolute Gasteiger partial charge is 0.416 e. The number of unbranched alkanes of at least 4 members (excludes halogenated alkanes) is 1. The molecule has 0 bridgehead atoms. The van der Waals surface area contributed by atoms with Gasteiger partial charge >= 0.3 is 12.1 Å². The monoisotopic (exact) mass is 632 g/mol. The van der Waals surface area contributed by atoms with Gasteiger partial charge in [0.25, 0.3) is 0 Å². The predicted octanol–water partition coefficient (Wildman–Crippen LogP) is -3.29. The van der Waals surface area contributed by atoms with Gasteiger partial charge in [0.2, 0.25) is 0 Å². The molecule has 15 heteroatoms. The Morgan fingerprint density at radius 2 is 1.86 bits per heavy atom. The van der Waals surface area contributed by atoms with Gasteiger partial charge in [0.05, 0.1) is 30.3 Å². The number of halogens is 3. The quantitative estimate of drug-likeness (QED) is 0.0414. The molecule has 1 aliphatic rings. The summed E-state index contributed by atoms with van der Waals surface area (Å²) in [6.45, 7) is 0.286. The van der Waals surface area contributed by atoms with Gasteiger partial charge in [0, 0.05) is 24.7 Å². The lowest BCUT2D eigenvalue weighted by molar-refractivity contribution is -0.466. The molecule has 2 unspecified atom stereocenters. The van der Waals surface area contributed by atoms with Crippen LogP contribution in [-0.4, -0.2) is 70.7 Å². The minimum absolute atomic E-state index is 0.0229. The second-order valence-corrected chi connectivity index (χ2v) is 10.4. The highest BCUT2D eigenvalue weighted by Crippen LogP contribution is 2.36. The van der Waals surface area contributed by atoms with E-state index in [-0.39, 0.29) is 37.1 Å². The number of carbonyl (C=O) groups excluding carboxylic acids is 2. The maximum Gasteiger partial charge on any atom is 0.416 e. The van der Waals surface area contributed by atoms with Crippen LogP contribution >= 0.6 is 0 Å². The van der Waals surface area contributed by atoms with E-state index in [9.17, 15) is 48.3 Å². The maximum atomic E-state index is 12.8. The van der Waals surface area contributed by atoms with E-state index in [1.807, 2.05) is 12.2 Å². The normalized spacial score (nSPS) is 21.4. The number of guanidine groups is 1. The van der Waals surface area contributed by atoms with E-state index in [1.54, 1.807) is 6.08 Å². The zero-order valence-corrected chi connectivity index (χ0v) is 24.3. The number of aliphatic hydroxyl groups is 3. The lowest BCUT2D eigenvalue weighted by atomic mass is 9.89. The summed E-state index contributed by atoms with van der Waals surface area (Å²) in [5.41, 5.74) is 12.8. The van der Waals surface area contributed by atoms with E-state index in [4.69, 9.17) is 16.2 Å². The molecule has 1 aromatic carbocycles. The summed E-state index contributed by atoms with van der Waals surface area (Å²) in [5.74, 6) is -2.81. The van der Waals surface area contributed by atoms with Crippen LogP contribution in [0.15, 0.2) is 48.6 Å². The van der Waals surface area contributed by atoms with Crippen molar-refractivity contribution in [2.75, 3.05) is 13.2 Å². The molecule has 1 aromatic rings. The lowest BCUT2D eigenvalue weighted by Crippen LogP contribution is -2.78. The summed E-state index contributed by atoms with van der Waals surface area (Å²) in [6.07, 6.45) is 2.26. The van der Waals surface area contributed by atoms with Crippen LogP contribution in [0, 0.1) is 11.8 Å². The zero-order valence-electron chi connectivity index (χ0n) is 24.3. The van der Waals surface area contributed by atoms with E-state index in [1.165, 1.54) is 18.2 Å². The van der Waals surface area contributed by atoms with Crippen molar-refractivity contribution < 1.29 is 63.8 Å². The number of aliphatic hydroxyl groups excluding tert-OH is 3. The van der Waals surface area contributed by atoms with Gasteiger partial charge in [-0.2, -0.15) is 13.2 Å². The average Bonchev–Trinajstić information content (AvgIpc) is 3.21. The molecular weight excluding hydrogens is 589 g/mol. The summed E-state index contributed by atoms with van der Waals surface area (Å²) in [7, 11) is 0. The Hall–Kier alpha value is -3.66. The molecule has 0 amide bonds. The lowest BCUT2D eigenvalue weighted by Gasteiger charge is -2.19. The van der Waals surface area contributed by atoms with Crippen LogP contribution in [-0.2, 0) is 15.8 Å². The number of hydrogen-bond acceptors (Lipinski definition) is 8. The molecule has 11 N–H and O–H groups in total. The van der Waals surface area contributed by atoms with Gasteiger partial charge in [0.15, 0.2) is 0 Å². The third kappa shape index (κ3) is 15.7. The summed E-state index contributed by atoms with van der Waals surface area (Å²) in [4.78, 5) is 23.2. The number of hydrogen-bond donors (Lipinski definition) is 7. The average molecular weight is 633 g/mol. The number of ether oxygens (including phenoxy) is 1. The molecule has 1 aliphatic carbocycles. The molecule has 1 fully saturated rings. The predicted molar refractivity (Wildman–Crippen MR) is 148 cm³/mol. The van der Waals surface area contributed by atoms with Gasteiger partial charge in [-0.05, 0) is 56.2 Å². The largest absolute Gasteiger partial charge is 0.550 e. The highest BCUT2D eigenvalue weighted by atomic mass is 19.4. The molecular formula is C29H43F3N4O8. The Morgan fingerprint density at radius 1 is 1.16 bits per heavy atom. The van der Waals surface area contributed by atoms with Crippen molar-refractivity contribution in [3.8, 4) is 5.75 Å². The first-order valence-corrected chi connectivity index (χ1v) is 14.1. The number of rotatable bonds is 16. The second kappa shape index (κ2) is 19.6. The molecule has 248 valence electrons. The first kappa shape index (κ1) is 38.4. The third-order valence-corrected chi connectivity index (χ3v) is 6.77. The van der Waals surface area contributed by atoms with Crippen molar-refractivity contribution >= 4 is 17.9 Å². The second-order valence-electron chi connectivity index (χ2n) is 10.4. The Bertz CT molecular complexity index is 1110. The van der Waals surface area contributed by atoms with Gasteiger partial charge < -0.3 is 45.6 Å². The summed E-state index contributed by atoms with van der Waals surface area (Å²) in [5, 5.41) is 51.1. The Balaban J connectivity index is 0.000000681. The molecule has 0 aromatic heterocycles. The standard InChI is InChI=1S/C23H29F3O6.C6H14N4O2/c24-23(25,26)15-6-5-7-17(12-15)32-14-16(27)10-11-19-18(20(28)13-21(19)29)8-3-1-2-4-9-22(30)31;7-4(5(11)12)2-1-3-10-6(8)9/h1,3,5-7,10-12,16,18-21,27-29H,2,4,8-9,13-14H2,(H,30,31);4H,1-3,7H2,(H,11,12)(H4,8,9,10)/b3-1-,11-10+;/t16-,18?,19?,20+,21-;4-/m10/s1. The van der Waals surface area contributed by atoms with Crippen LogP contribution in [0.5, 0.6) is 5.75 Å². The number of nitrogens with two attached hydrogens (primary N) is 2. The van der Waals surface area contributed by atoms with E-state index in [0.717, 1.165) is 12.1 Å². The first-order valence-electron chi connectivity index (χ1n) is 14.1. The van der Waals surface area contributed by atoms with Gasteiger partial charge in [-0.3, -0.25) is 16.5 Å². The van der Waals surface area contributed by atoms with Gasteiger partial charge in [0.1, 0.15) is 24.5 Å². The highest BCUT2D eigenvalue weighted by molar-refractivity contribution is 5.69. The van der Waals surface area contributed by atoms with Crippen LogP contribution in [0.25, 0.3) is 0 Å². The number of allylic oxidation sites excluding steroid dienone is 2. The zero-order chi connectivity index (χ0) is 33.3. The first-order chi connectivity index (χ1) is 20.6. The molecule has 0 aliphatic heterocycles. The summed E-state index contributed by atoms with van der Waals surface area (Å²) >= 11 is 0. The van der Waals surface area contributed by atoms with Crippen molar-refractivity contribution in [2.45, 2.75) is 75.5 Å². The van der Waals surface area contributed by atoms with Gasteiger partial charge in [-0.25, -0.2) is 0 Å². The topological polar surface area (TPSA) is 244 Å². The van der Waals surface area contributed by atoms with Crippen molar-refractivity contribution in [3.63, 3.8) is 0 Å². The summed E-state index contributed by atoms with van der Waals surface area (Å²) in [6, 6.07) is 3.69. The summed E-state index contributed by atoms with van der Waals surface area (Å²) < 4.78 is 43.5. The van der Waals surface area contributed by atoms with Crippen molar-refractivity contribution in [3.05, 3.63) is 54.1 Å². The third-order valence-electron chi connectivity index (χ3n) is 6.77. The van der Waals surface area contributed by atoms with Crippen LogP contribution in [0.4, 0.5) is 13.2 Å². The van der Waals surface area contributed by atoms with Gasteiger partial charge in [-0.15, -0.1) is 0 Å². The molecule has 0 radical (unpaired) electrons. The fourth-order valence-electron chi connectivity index (χ4n) is 4.40. The highest BCUT2D eigenvalue weighted by Gasteiger charge is 2.39. The Morgan fingerprint density at radius 3 is 2.48 bits per heavy atom. The molecule has 12 nitrogen and oxygen atoms in total. The maximum absolute atomic E-state index is 12.8.